The average Bonchev–Trinajstić information content (AvgIpc) is 3.02. The highest BCUT2D eigenvalue weighted by Crippen LogP contribution is 2.39. The van der Waals surface area contributed by atoms with Gasteiger partial charge in [-0.05, 0) is 72.0 Å². The van der Waals surface area contributed by atoms with Crippen LogP contribution in [0.1, 0.15) is 70.6 Å². The van der Waals surface area contributed by atoms with Crippen LogP contribution in [0.15, 0.2) is 71.6 Å². The summed E-state index contributed by atoms with van der Waals surface area (Å²) in [6.07, 6.45) is -3.68. The van der Waals surface area contributed by atoms with E-state index in [1.165, 1.54) is 37.3 Å². The van der Waals surface area contributed by atoms with Gasteiger partial charge in [-0.2, -0.15) is 27.2 Å². The molecule has 0 aromatic heterocycles. The van der Waals surface area contributed by atoms with Crippen LogP contribution in [0.4, 0.5) is 27.6 Å². The molecule has 3 atom stereocenters. The lowest BCUT2D eigenvalue weighted by atomic mass is 9.84. The van der Waals surface area contributed by atoms with Crippen LogP contribution in [0, 0.1) is 11.3 Å². The van der Waals surface area contributed by atoms with Crippen LogP contribution in [0.3, 0.4) is 0 Å². The van der Waals surface area contributed by atoms with Crippen molar-refractivity contribution in [3.8, 4) is 6.07 Å². The summed E-state index contributed by atoms with van der Waals surface area (Å²) in [5, 5.41) is 9.69. The van der Waals surface area contributed by atoms with Gasteiger partial charge in [-0.1, -0.05) is 31.2 Å². The molecule has 3 aromatic rings. The number of ether oxygens (including phenoxy) is 1. The minimum atomic E-state index is -4.49. The van der Waals surface area contributed by atoms with E-state index in [2.05, 4.69) is 10.8 Å². The molecule has 1 amide bonds. The number of hydrogen-bond donors (Lipinski definition) is 1. The number of anilines is 1. The van der Waals surface area contributed by atoms with Crippen molar-refractivity contribution in [3.05, 3.63) is 94.5 Å². The molecule has 3 aromatic carbocycles. The molecule has 45 heavy (non-hydrogen) atoms. The maximum absolute atomic E-state index is 13.1. The number of nitrogens with zero attached hydrogens (tertiary/aromatic N) is 2. The van der Waals surface area contributed by atoms with Crippen LogP contribution in [-0.4, -0.2) is 45.9 Å². The summed E-state index contributed by atoms with van der Waals surface area (Å²) in [4.78, 5) is 14.4. The van der Waals surface area contributed by atoms with Gasteiger partial charge in [0.1, 0.15) is 0 Å². The van der Waals surface area contributed by atoms with Crippen molar-refractivity contribution < 1.29 is 39.9 Å². The van der Waals surface area contributed by atoms with E-state index in [9.17, 15) is 40.4 Å². The summed E-state index contributed by atoms with van der Waals surface area (Å²) in [6.45, 7) is -1.55. The molecule has 2 N–H and O–H groups in total. The van der Waals surface area contributed by atoms with Crippen molar-refractivity contribution in [2.75, 3.05) is 23.8 Å². The van der Waals surface area contributed by atoms with Crippen molar-refractivity contribution in [2.24, 2.45) is 5.73 Å². The second-order valence-electron chi connectivity index (χ2n) is 10.8. The fourth-order valence-electron chi connectivity index (χ4n) is 5.73. The van der Waals surface area contributed by atoms with Crippen molar-refractivity contribution in [1.82, 2.24) is 0 Å². The predicted octanol–water partition coefficient (Wildman–Crippen LogP) is 6.64. The number of alkyl halides is 5. The first-order valence-electron chi connectivity index (χ1n) is 14.2. The molecule has 1 aliphatic rings. The number of amides is 1. The molecule has 0 aliphatic carbocycles. The lowest BCUT2D eigenvalue weighted by Crippen LogP contribution is -2.45. The second kappa shape index (κ2) is 14.0. The van der Waals surface area contributed by atoms with Crippen LogP contribution < -0.4 is 10.6 Å². The van der Waals surface area contributed by atoms with Crippen molar-refractivity contribution >= 4 is 21.4 Å². The highest BCUT2D eigenvalue weighted by molar-refractivity contribution is 7.91. The van der Waals surface area contributed by atoms with Gasteiger partial charge in [0.15, 0.2) is 9.84 Å². The third kappa shape index (κ3) is 7.99. The molecule has 1 heterocycles. The smallest absolute Gasteiger partial charge is 0.366 e. The number of halogens is 5. The molecular weight excluding hydrogens is 617 g/mol. The Morgan fingerprint density at radius 3 is 2.29 bits per heavy atom. The molecule has 240 valence electrons. The summed E-state index contributed by atoms with van der Waals surface area (Å²) in [7, 11) is -3.48. The van der Waals surface area contributed by atoms with E-state index in [1.54, 1.807) is 24.3 Å². The summed E-state index contributed by atoms with van der Waals surface area (Å²) in [5.74, 6) is -1.79. The summed E-state index contributed by atoms with van der Waals surface area (Å²) in [5.41, 5.74) is 7.17. The van der Waals surface area contributed by atoms with E-state index in [-0.39, 0.29) is 41.7 Å². The summed E-state index contributed by atoms with van der Waals surface area (Å²) < 4.78 is 94.8. The van der Waals surface area contributed by atoms with E-state index in [1.807, 2.05) is 4.90 Å². The third-order valence-corrected chi connectivity index (χ3v) is 9.91. The highest BCUT2D eigenvalue weighted by atomic mass is 32.2. The van der Waals surface area contributed by atoms with Gasteiger partial charge in [-0.3, -0.25) is 4.79 Å². The molecule has 0 spiro atoms. The zero-order valence-electron chi connectivity index (χ0n) is 24.3. The fraction of sp³-hybridized carbons (Fsp3) is 0.375. The largest absolute Gasteiger partial charge is 0.416 e. The zero-order valence-corrected chi connectivity index (χ0v) is 25.1. The Balaban J connectivity index is 1.75. The van der Waals surface area contributed by atoms with E-state index in [0.717, 1.165) is 12.1 Å². The quantitative estimate of drug-likeness (QED) is 0.233. The normalized spacial score (nSPS) is 18.0. The molecule has 7 nitrogen and oxygen atoms in total. The Morgan fingerprint density at radius 2 is 1.73 bits per heavy atom. The molecule has 0 radical (unpaired) electrons. The van der Waals surface area contributed by atoms with Crippen molar-refractivity contribution in [1.29, 1.82) is 5.26 Å². The number of primary amides is 1. The number of carbonyl (C=O) groups is 1. The van der Waals surface area contributed by atoms with Gasteiger partial charge in [0.25, 0.3) is 0 Å². The van der Waals surface area contributed by atoms with E-state index >= 15 is 0 Å². The predicted molar refractivity (Wildman–Crippen MR) is 158 cm³/mol. The summed E-state index contributed by atoms with van der Waals surface area (Å²) >= 11 is 0. The maximum Gasteiger partial charge on any atom is 0.416 e. The number of piperidine rings is 1. The first-order chi connectivity index (χ1) is 21.2. The standard InChI is InChI=1S/C32H32F5N3O4S/c1-2-45(42,43)26-12-6-21(7-13-26)27(15-16-38)29-17-24(11-14-28(29)30(39)41)40-18-22(5-10-25(40)19-44-31(33)34)20-3-8-23(9-4-20)32(35,36)37/h3-4,6-9,11-14,17,22,25,27,31H,2,5,10,15,18-19H2,1H3,(H2,39,41)/t22-,25+,27+/m1/s1. The minimum Gasteiger partial charge on any atom is -0.366 e. The molecule has 4 rings (SSSR count). The Bertz CT molecular complexity index is 1640. The van der Waals surface area contributed by atoms with Gasteiger partial charge in [0.2, 0.25) is 5.91 Å². The number of nitrogens with two attached hydrogens (primary N) is 1. The molecule has 0 unspecified atom stereocenters. The van der Waals surface area contributed by atoms with Gasteiger partial charge < -0.3 is 15.4 Å². The van der Waals surface area contributed by atoms with Crippen LogP contribution >= 0.6 is 0 Å². The topological polar surface area (TPSA) is 113 Å². The average molecular weight is 650 g/mol. The van der Waals surface area contributed by atoms with E-state index < -0.39 is 46.1 Å². The number of nitriles is 1. The van der Waals surface area contributed by atoms with Crippen LogP contribution in [0.2, 0.25) is 0 Å². The van der Waals surface area contributed by atoms with Crippen molar-refractivity contribution in [2.45, 2.75) is 61.7 Å². The van der Waals surface area contributed by atoms with Crippen LogP contribution in [0.25, 0.3) is 0 Å². The fourth-order valence-corrected chi connectivity index (χ4v) is 6.62. The molecule has 1 fully saturated rings. The van der Waals surface area contributed by atoms with Crippen LogP contribution in [0.5, 0.6) is 0 Å². The zero-order chi connectivity index (χ0) is 32.9. The Hall–Kier alpha value is -4.02. The van der Waals surface area contributed by atoms with Gasteiger partial charge in [-0.15, -0.1) is 0 Å². The number of rotatable bonds is 11. The van der Waals surface area contributed by atoms with E-state index in [4.69, 9.17) is 5.73 Å². The highest BCUT2D eigenvalue weighted by Gasteiger charge is 2.33. The molecular formula is C32H32F5N3O4S. The van der Waals surface area contributed by atoms with Gasteiger partial charge >= 0.3 is 12.8 Å². The van der Waals surface area contributed by atoms with Gasteiger partial charge in [0.05, 0.1) is 34.9 Å². The van der Waals surface area contributed by atoms with Gasteiger partial charge in [-0.25, -0.2) is 8.42 Å². The first-order valence-corrected chi connectivity index (χ1v) is 15.9. The second-order valence-corrected chi connectivity index (χ2v) is 13.1. The SMILES string of the molecule is CCS(=O)(=O)c1ccc([C@H](CC#N)c2cc(N3C[C@H](c4ccc(C(F)(F)F)cc4)CC[C@H]3COC(F)F)ccc2C(N)=O)cc1. The Morgan fingerprint density at radius 1 is 1.07 bits per heavy atom. The molecule has 0 saturated carbocycles. The first kappa shape index (κ1) is 33.9. The van der Waals surface area contributed by atoms with E-state index in [0.29, 0.717) is 35.2 Å². The van der Waals surface area contributed by atoms with Crippen LogP contribution in [-0.2, 0) is 20.8 Å². The third-order valence-electron chi connectivity index (χ3n) is 8.15. The molecule has 1 saturated heterocycles. The monoisotopic (exact) mass is 649 g/mol. The maximum atomic E-state index is 13.1. The number of hydrogen-bond acceptors (Lipinski definition) is 6. The lowest BCUT2D eigenvalue weighted by molar-refractivity contribution is -0.137. The lowest BCUT2D eigenvalue weighted by Gasteiger charge is -2.42. The Labute approximate surface area is 258 Å². The molecule has 1 aliphatic heterocycles. The number of sulfone groups is 1. The molecule has 0 bridgehead atoms. The minimum absolute atomic E-state index is 0.0876. The summed E-state index contributed by atoms with van der Waals surface area (Å²) in [6, 6.07) is 17.2. The number of benzene rings is 3. The molecule has 13 heteroatoms. The Kier molecular flexibility index (Phi) is 10.5. The number of carbonyl (C=O) groups excluding carboxylic acids is 1. The van der Waals surface area contributed by atoms with Gasteiger partial charge in [0, 0.05) is 36.1 Å². The van der Waals surface area contributed by atoms with Crippen molar-refractivity contribution in [3.63, 3.8) is 0 Å².